The van der Waals surface area contributed by atoms with Crippen molar-refractivity contribution >= 4 is 18.8 Å². The molecule has 0 N–H and O–H groups in total. The van der Waals surface area contributed by atoms with Crippen molar-refractivity contribution in [3.05, 3.63) is 23.8 Å². The summed E-state index contributed by atoms with van der Waals surface area (Å²) < 4.78 is 33.1. The van der Waals surface area contributed by atoms with Gasteiger partial charge in [0.15, 0.2) is 5.82 Å². The zero-order valence-electron chi connectivity index (χ0n) is 14.4. The number of rotatable bonds is 8. The Balaban J connectivity index is 2.24. The van der Waals surface area contributed by atoms with Crippen LogP contribution in [0.15, 0.2) is 12.4 Å². The molecule has 1 aliphatic rings. The highest BCUT2D eigenvalue weighted by Crippen LogP contribution is 2.43. The molecular weight excluding hydrogens is 333 g/mol. The predicted octanol–water partition coefficient (Wildman–Crippen LogP) is 2.66. The summed E-state index contributed by atoms with van der Waals surface area (Å²) in [6.45, 7) is 7.35. The summed E-state index contributed by atoms with van der Waals surface area (Å²) in [6, 6.07) is 0. The Morgan fingerprint density at radius 2 is 1.83 bits per heavy atom. The van der Waals surface area contributed by atoms with Gasteiger partial charge in [-0.2, -0.15) is 4.08 Å². The molecule has 2 rings (SSSR count). The third kappa shape index (κ3) is 4.92. The molecule has 1 saturated carbocycles. The molecule has 1 unspecified atom stereocenters. The van der Waals surface area contributed by atoms with Gasteiger partial charge in [0, 0.05) is 19.4 Å². The summed E-state index contributed by atoms with van der Waals surface area (Å²) in [7, 11) is -1.49. The maximum absolute atomic E-state index is 12.9. The SMILES string of the molecule is Cc1cnc([C@@H](OC(C)C)[C@H](C)S(=O)(=O)N(C)PC2CC2)nc1. The van der Waals surface area contributed by atoms with Gasteiger partial charge in [0.05, 0.1) is 6.10 Å². The van der Waals surface area contributed by atoms with E-state index in [1.807, 2.05) is 20.8 Å². The quantitative estimate of drug-likeness (QED) is 0.667. The Kier molecular flexibility index (Phi) is 6.11. The van der Waals surface area contributed by atoms with E-state index in [-0.39, 0.29) is 6.10 Å². The van der Waals surface area contributed by atoms with Gasteiger partial charge in [0.1, 0.15) is 11.4 Å². The molecule has 0 amide bonds. The second-order valence-corrected chi connectivity index (χ2v) is 10.7. The lowest BCUT2D eigenvalue weighted by molar-refractivity contribution is 0.00104. The first kappa shape index (κ1) is 18.7. The smallest absolute Gasteiger partial charge is 0.222 e. The molecule has 23 heavy (non-hydrogen) atoms. The van der Waals surface area contributed by atoms with Crippen molar-refractivity contribution in [2.24, 2.45) is 0 Å². The Labute approximate surface area is 140 Å². The maximum atomic E-state index is 12.9. The van der Waals surface area contributed by atoms with Gasteiger partial charge in [0.2, 0.25) is 10.0 Å². The molecule has 0 saturated heterocycles. The zero-order chi connectivity index (χ0) is 17.2. The Morgan fingerprint density at radius 1 is 1.26 bits per heavy atom. The second kappa shape index (κ2) is 7.51. The Hall–Kier alpha value is -0.620. The number of hydrogen-bond acceptors (Lipinski definition) is 5. The van der Waals surface area contributed by atoms with Gasteiger partial charge < -0.3 is 4.74 Å². The van der Waals surface area contributed by atoms with Crippen molar-refractivity contribution in [3.8, 4) is 0 Å². The van der Waals surface area contributed by atoms with Crippen LogP contribution in [-0.4, -0.2) is 46.5 Å². The minimum absolute atomic E-state index is 0.112. The highest BCUT2D eigenvalue weighted by molar-refractivity contribution is 7.93. The number of ether oxygens (including phenoxy) is 1. The Morgan fingerprint density at radius 3 is 2.30 bits per heavy atom. The van der Waals surface area contributed by atoms with Crippen molar-refractivity contribution < 1.29 is 13.2 Å². The monoisotopic (exact) mass is 359 g/mol. The van der Waals surface area contributed by atoms with E-state index in [0.717, 1.165) is 18.4 Å². The third-order valence-corrected chi connectivity index (χ3v) is 8.03. The minimum atomic E-state index is -3.46. The average molecular weight is 359 g/mol. The van der Waals surface area contributed by atoms with E-state index in [0.29, 0.717) is 20.2 Å². The molecule has 6 nitrogen and oxygen atoms in total. The molecule has 0 bridgehead atoms. The summed E-state index contributed by atoms with van der Waals surface area (Å²) in [5.74, 6) is 0.420. The highest BCUT2D eigenvalue weighted by Gasteiger charge is 2.38. The summed E-state index contributed by atoms with van der Waals surface area (Å²) in [6.07, 6.45) is 4.84. The van der Waals surface area contributed by atoms with E-state index in [2.05, 4.69) is 9.97 Å². The van der Waals surface area contributed by atoms with Crippen molar-refractivity contribution in [1.82, 2.24) is 14.0 Å². The molecule has 3 atom stereocenters. The van der Waals surface area contributed by atoms with Crippen LogP contribution >= 0.6 is 8.73 Å². The van der Waals surface area contributed by atoms with E-state index >= 15 is 0 Å². The molecule has 1 heterocycles. The van der Waals surface area contributed by atoms with Crippen LogP contribution in [0.4, 0.5) is 0 Å². The van der Waals surface area contributed by atoms with Gasteiger partial charge in [-0.1, -0.05) is 0 Å². The van der Waals surface area contributed by atoms with Crippen molar-refractivity contribution in [3.63, 3.8) is 0 Å². The van der Waals surface area contributed by atoms with Gasteiger partial charge in [0.25, 0.3) is 0 Å². The summed E-state index contributed by atoms with van der Waals surface area (Å²) >= 11 is 0. The molecule has 0 aromatic carbocycles. The number of hydrogen-bond donors (Lipinski definition) is 0. The summed E-state index contributed by atoms with van der Waals surface area (Å²) in [5.41, 5.74) is 1.46. The maximum Gasteiger partial charge on any atom is 0.222 e. The molecule has 0 radical (unpaired) electrons. The van der Waals surface area contributed by atoms with Crippen molar-refractivity contribution in [2.45, 2.75) is 63.7 Å². The molecule has 130 valence electrons. The van der Waals surface area contributed by atoms with Gasteiger partial charge in [-0.05, 0) is 60.5 Å². The van der Waals surface area contributed by atoms with E-state index < -0.39 is 21.4 Å². The summed E-state index contributed by atoms with van der Waals surface area (Å²) in [4.78, 5) is 8.56. The number of sulfonamides is 1. The van der Waals surface area contributed by atoms with Crippen molar-refractivity contribution in [2.75, 3.05) is 7.05 Å². The lowest BCUT2D eigenvalue weighted by Crippen LogP contribution is -2.36. The first-order valence-electron chi connectivity index (χ1n) is 7.89. The lowest BCUT2D eigenvalue weighted by Gasteiger charge is -2.28. The van der Waals surface area contributed by atoms with Gasteiger partial charge in [-0.3, -0.25) is 0 Å². The zero-order valence-corrected chi connectivity index (χ0v) is 16.2. The summed E-state index contributed by atoms with van der Waals surface area (Å²) in [5, 5.41) is -0.733. The first-order valence-corrected chi connectivity index (χ1v) is 10.4. The van der Waals surface area contributed by atoms with Crippen molar-refractivity contribution in [1.29, 1.82) is 0 Å². The second-order valence-electron chi connectivity index (χ2n) is 6.34. The van der Waals surface area contributed by atoms with Crippen LogP contribution in [0.5, 0.6) is 0 Å². The van der Waals surface area contributed by atoms with Gasteiger partial charge in [-0.25, -0.2) is 18.4 Å². The standard InChI is InChI=1S/C15H26N3O3PS/c1-10(2)21-14(15-16-8-11(3)9-17-15)12(4)23(19,20)18(5)22-13-6-7-13/h8-10,12-14,22H,6-7H2,1-5H3/t12-,14-/m0/s1. The first-order chi connectivity index (χ1) is 10.7. The fraction of sp³-hybridized carbons (Fsp3) is 0.733. The van der Waals surface area contributed by atoms with Gasteiger partial charge >= 0.3 is 0 Å². The molecular formula is C15H26N3O3PS. The van der Waals surface area contributed by atoms with E-state index in [9.17, 15) is 8.42 Å². The van der Waals surface area contributed by atoms with Crippen LogP contribution in [0.1, 0.15) is 51.1 Å². The van der Waals surface area contributed by atoms with Crippen LogP contribution in [0.3, 0.4) is 0 Å². The van der Waals surface area contributed by atoms with Crippen LogP contribution in [-0.2, 0) is 14.8 Å². The largest absolute Gasteiger partial charge is 0.366 e. The topological polar surface area (TPSA) is 72.4 Å². The van der Waals surface area contributed by atoms with Crippen LogP contribution in [0, 0.1) is 6.92 Å². The normalized spacial score (nSPS) is 18.9. The molecule has 1 fully saturated rings. The number of aromatic nitrogens is 2. The molecule has 8 heteroatoms. The lowest BCUT2D eigenvalue weighted by atomic mass is 10.2. The van der Waals surface area contributed by atoms with E-state index in [4.69, 9.17) is 4.74 Å². The number of nitrogens with zero attached hydrogens (tertiary/aromatic N) is 3. The van der Waals surface area contributed by atoms with E-state index in [1.54, 1.807) is 26.4 Å². The number of aryl methyl sites for hydroxylation is 1. The fourth-order valence-corrected chi connectivity index (χ4v) is 5.64. The fourth-order valence-electron chi connectivity index (χ4n) is 2.17. The van der Waals surface area contributed by atoms with Gasteiger partial charge in [-0.15, -0.1) is 0 Å². The average Bonchev–Trinajstić information content (AvgIpc) is 3.28. The van der Waals surface area contributed by atoms with Crippen LogP contribution in [0.25, 0.3) is 0 Å². The molecule has 0 aliphatic heterocycles. The molecule has 0 spiro atoms. The molecule has 1 aromatic heterocycles. The van der Waals surface area contributed by atoms with E-state index in [1.165, 1.54) is 4.08 Å². The minimum Gasteiger partial charge on any atom is -0.366 e. The predicted molar refractivity (Wildman–Crippen MR) is 93.2 cm³/mol. The highest BCUT2D eigenvalue weighted by atomic mass is 32.2. The van der Waals surface area contributed by atoms with Crippen LogP contribution < -0.4 is 0 Å². The molecule has 1 aliphatic carbocycles. The van der Waals surface area contributed by atoms with Crippen LogP contribution in [0.2, 0.25) is 0 Å². The third-order valence-electron chi connectivity index (χ3n) is 3.69. The Bertz CT molecular complexity index is 617. The molecule has 1 aromatic rings.